The molecule has 1 aliphatic rings. The van der Waals surface area contributed by atoms with Crippen LogP contribution in [0.15, 0.2) is 47.7 Å². The van der Waals surface area contributed by atoms with E-state index in [4.69, 9.17) is 0 Å². The summed E-state index contributed by atoms with van der Waals surface area (Å²) in [4.78, 5) is 21.8. The zero-order valence-corrected chi connectivity index (χ0v) is 15.4. The highest BCUT2D eigenvalue weighted by atomic mass is 79.9. The van der Waals surface area contributed by atoms with Gasteiger partial charge in [0.1, 0.15) is 22.6 Å². The lowest BCUT2D eigenvalue weighted by Gasteiger charge is -2.36. The molecular formula is C17H15BrN8. The second-order valence-corrected chi connectivity index (χ2v) is 6.92. The maximum Gasteiger partial charge on any atom is 0.154 e. The molecule has 4 aromatic rings. The van der Waals surface area contributed by atoms with Crippen LogP contribution in [0.5, 0.6) is 0 Å². The monoisotopic (exact) mass is 410 g/mol. The van der Waals surface area contributed by atoms with Gasteiger partial charge in [-0.1, -0.05) is 0 Å². The third-order valence-corrected chi connectivity index (χ3v) is 5.17. The van der Waals surface area contributed by atoms with Crippen LogP contribution in [0.1, 0.15) is 0 Å². The van der Waals surface area contributed by atoms with Crippen molar-refractivity contribution < 1.29 is 0 Å². The Bertz CT molecular complexity index is 1080. The lowest BCUT2D eigenvalue weighted by molar-refractivity contribution is 0.637. The summed E-state index contributed by atoms with van der Waals surface area (Å²) in [7, 11) is 0. The Kier molecular flexibility index (Phi) is 3.66. The second kappa shape index (κ2) is 6.17. The SMILES string of the molecule is Brc1cnc2ccc(N3CCN(c4ncnc5cnccc45)CC3)nn12. The third kappa shape index (κ3) is 2.55. The number of hydrogen-bond acceptors (Lipinski definition) is 7. The molecule has 0 spiro atoms. The topological polar surface area (TPSA) is 75.3 Å². The van der Waals surface area contributed by atoms with Crippen molar-refractivity contribution >= 4 is 44.1 Å². The van der Waals surface area contributed by atoms with Crippen LogP contribution in [0.25, 0.3) is 16.6 Å². The molecule has 8 nitrogen and oxygen atoms in total. The number of rotatable bonds is 2. The summed E-state index contributed by atoms with van der Waals surface area (Å²) >= 11 is 3.48. The first-order valence-corrected chi connectivity index (χ1v) is 9.14. The van der Waals surface area contributed by atoms with Crippen molar-refractivity contribution in [2.24, 2.45) is 0 Å². The molecule has 0 N–H and O–H groups in total. The fraction of sp³-hybridized carbons (Fsp3) is 0.235. The molecule has 0 atom stereocenters. The van der Waals surface area contributed by atoms with Crippen molar-refractivity contribution in [1.29, 1.82) is 0 Å². The standard InChI is InChI=1S/C17H15BrN8/c18-14-10-20-15-1-2-16(23-26(14)15)24-5-7-25(8-6-24)17-12-3-4-19-9-13(12)21-11-22-17/h1-4,9-11H,5-8H2. The molecule has 0 aromatic carbocycles. The number of hydrogen-bond donors (Lipinski definition) is 0. The van der Waals surface area contributed by atoms with Gasteiger partial charge in [0, 0.05) is 37.8 Å². The fourth-order valence-corrected chi connectivity index (χ4v) is 3.66. The highest BCUT2D eigenvalue weighted by Crippen LogP contribution is 2.24. The molecule has 0 bridgehead atoms. The van der Waals surface area contributed by atoms with Crippen LogP contribution in [-0.4, -0.2) is 55.7 Å². The van der Waals surface area contributed by atoms with Gasteiger partial charge >= 0.3 is 0 Å². The van der Waals surface area contributed by atoms with Gasteiger partial charge in [-0.3, -0.25) is 4.98 Å². The third-order valence-electron chi connectivity index (χ3n) is 4.63. The molecule has 5 heterocycles. The summed E-state index contributed by atoms with van der Waals surface area (Å²) in [5.41, 5.74) is 1.71. The van der Waals surface area contributed by atoms with Crippen LogP contribution in [-0.2, 0) is 0 Å². The molecule has 4 aromatic heterocycles. The van der Waals surface area contributed by atoms with Gasteiger partial charge in [0.15, 0.2) is 5.65 Å². The summed E-state index contributed by atoms with van der Waals surface area (Å²) in [6, 6.07) is 5.99. The van der Waals surface area contributed by atoms with Gasteiger partial charge in [0.2, 0.25) is 0 Å². The molecule has 26 heavy (non-hydrogen) atoms. The molecule has 1 fully saturated rings. The predicted octanol–water partition coefficient (Wildman–Crippen LogP) is 2.16. The zero-order valence-electron chi connectivity index (χ0n) is 13.8. The fourth-order valence-electron chi connectivity index (χ4n) is 3.30. The molecule has 0 saturated carbocycles. The predicted molar refractivity (Wildman–Crippen MR) is 102 cm³/mol. The van der Waals surface area contributed by atoms with E-state index in [2.05, 4.69) is 50.8 Å². The van der Waals surface area contributed by atoms with E-state index in [1.165, 1.54) is 0 Å². The van der Waals surface area contributed by atoms with Crippen LogP contribution in [0.4, 0.5) is 11.6 Å². The van der Waals surface area contributed by atoms with Gasteiger partial charge in [0.25, 0.3) is 0 Å². The van der Waals surface area contributed by atoms with Gasteiger partial charge in [-0.2, -0.15) is 0 Å². The maximum absolute atomic E-state index is 4.69. The normalized spacial score (nSPS) is 15.1. The zero-order chi connectivity index (χ0) is 17.5. The van der Waals surface area contributed by atoms with E-state index >= 15 is 0 Å². The van der Waals surface area contributed by atoms with Crippen LogP contribution in [0.2, 0.25) is 0 Å². The molecule has 5 rings (SSSR count). The Morgan fingerprint density at radius 2 is 1.73 bits per heavy atom. The Morgan fingerprint density at radius 3 is 2.62 bits per heavy atom. The van der Waals surface area contributed by atoms with Gasteiger partial charge in [-0.05, 0) is 34.1 Å². The molecule has 130 valence electrons. The van der Waals surface area contributed by atoms with Crippen molar-refractivity contribution in [3.63, 3.8) is 0 Å². The van der Waals surface area contributed by atoms with Crippen LogP contribution in [0.3, 0.4) is 0 Å². The highest BCUT2D eigenvalue weighted by Gasteiger charge is 2.21. The van der Waals surface area contributed by atoms with Gasteiger partial charge < -0.3 is 9.80 Å². The molecule has 9 heteroatoms. The Morgan fingerprint density at radius 1 is 0.885 bits per heavy atom. The summed E-state index contributed by atoms with van der Waals surface area (Å²) in [5.74, 6) is 1.92. The number of anilines is 2. The van der Waals surface area contributed by atoms with E-state index in [9.17, 15) is 0 Å². The number of aromatic nitrogens is 6. The van der Waals surface area contributed by atoms with Crippen LogP contribution in [0, 0.1) is 0 Å². The molecule has 0 amide bonds. The first-order chi connectivity index (χ1) is 12.8. The van der Waals surface area contributed by atoms with E-state index in [1.54, 1.807) is 24.9 Å². The minimum Gasteiger partial charge on any atom is -0.352 e. The smallest absolute Gasteiger partial charge is 0.154 e. The van der Waals surface area contributed by atoms with E-state index in [-0.39, 0.29) is 0 Å². The van der Waals surface area contributed by atoms with E-state index < -0.39 is 0 Å². The summed E-state index contributed by atoms with van der Waals surface area (Å²) in [6.45, 7) is 3.50. The summed E-state index contributed by atoms with van der Waals surface area (Å²) < 4.78 is 2.67. The van der Waals surface area contributed by atoms with Crippen LogP contribution >= 0.6 is 15.9 Å². The van der Waals surface area contributed by atoms with Crippen molar-refractivity contribution in [1.82, 2.24) is 29.5 Å². The first kappa shape index (κ1) is 15.4. The quantitative estimate of drug-likeness (QED) is 0.501. The molecule has 0 radical (unpaired) electrons. The number of pyridine rings is 1. The summed E-state index contributed by atoms with van der Waals surface area (Å²) in [6.07, 6.45) is 6.93. The molecule has 0 aliphatic carbocycles. The van der Waals surface area contributed by atoms with E-state index in [0.29, 0.717) is 0 Å². The number of fused-ring (bicyclic) bond motifs is 2. The number of nitrogens with zero attached hydrogens (tertiary/aromatic N) is 8. The molecule has 1 aliphatic heterocycles. The average molecular weight is 411 g/mol. The van der Waals surface area contributed by atoms with Crippen molar-refractivity contribution in [2.45, 2.75) is 0 Å². The van der Waals surface area contributed by atoms with Crippen LogP contribution < -0.4 is 9.80 Å². The Hall–Kier alpha value is -2.81. The van der Waals surface area contributed by atoms with Crippen molar-refractivity contribution in [2.75, 3.05) is 36.0 Å². The van der Waals surface area contributed by atoms with E-state index in [0.717, 1.165) is 59.0 Å². The number of imidazole rings is 1. The van der Waals surface area contributed by atoms with Crippen molar-refractivity contribution in [3.05, 3.63) is 47.7 Å². The van der Waals surface area contributed by atoms with Gasteiger partial charge in [0.05, 0.1) is 17.9 Å². The van der Waals surface area contributed by atoms with E-state index in [1.807, 2.05) is 22.7 Å². The minimum atomic E-state index is 0.834. The Balaban J connectivity index is 1.39. The first-order valence-electron chi connectivity index (χ1n) is 8.34. The number of halogens is 1. The highest BCUT2D eigenvalue weighted by molar-refractivity contribution is 9.10. The van der Waals surface area contributed by atoms with Gasteiger partial charge in [-0.25, -0.2) is 19.5 Å². The largest absolute Gasteiger partial charge is 0.352 e. The minimum absolute atomic E-state index is 0.834. The molecular weight excluding hydrogens is 396 g/mol. The second-order valence-electron chi connectivity index (χ2n) is 6.11. The lowest BCUT2D eigenvalue weighted by atomic mass is 10.2. The number of piperazine rings is 1. The lowest BCUT2D eigenvalue weighted by Crippen LogP contribution is -2.47. The van der Waals surface area contributed by atoms with Gasteiger partial charge in [-0.15, -0.1) is 5.10 Å². The molecule has 1 saturated heterocycles. The average Bonchev–Trinajstić information content (AvgIpc) is 3.08. The Labute approximate surface area is 157 Å². The van der Waals surface area contributed by atoms with Crippen molar-refractivity contribution in [3.8, 4) is 0 Å². The molecule has 0 unspecified atom stereocenters. The maximum atomic E-state index is 4.69. The summed E-state index contributed by atoms with van der Waals surface area (Å²) in [5, 5.41) is 5.73.